The highest BCUT2D eigenvalue weighted by Gasteiger charge is 2.30. The number of hydrogen-bond acceptors (Lipinski definition) is 4. The van der Waals surface area contributed by atoms with Gasteiger partial charge in [0.25, 0.3) is 0 Å². The Labute approximate surface area is 181 Å². The van der Waals surface area contributed by atoms with Gasteiger partial charge in [-0.1, -0.05) is 18.2 Å². The summed E-state index contributed by atoms with van der Waals surface area (Å²) in [5, 5.41) is 2.81. The number of likely N-dealkylation sites (N-methyl/N-ethyl adjacent to an activating group) is 1. The Kier molecular flexibility index (Phi) is 7.29. The molecule has 0 saturated heterocycles. The van der Waals surface area contributed by atoms with Crippen molar-refractivity contribution in [3.8, 4) is 11.3 Å². The van der Waals surface area contributed by atoms with Crippen LogP contribution in [0.15, 0.2) is 71.8 Å². The van der Waals surface area contributed by atoms with Crippen LogP contribution in [-0.4, -0.2) is 28.8 Å². The van der Waals surface area contributed by atoms with Gasteiger partial charge in [-0.2, -0.15) is 13.2 Å². The van der Waals surface area contributed by atoms with Crippen LogP contribution >= 0.6 is 11.9 Å². The van der Waals surface area contributed by atoms with Crippen LogP contribution in [0.1, 0.15) is 11.1 Å². The quantitative estimate of drug-likeness (QED) is 0.400. The lowest BCUT2D eigenvalue weighted by Crippen LogP contribution is -2.31. The van der Waals surface area contributed by atoms with Crippen molar-refractivity contribution in [2.75, 3.05) is 13.6 Å². The molecule has 0 radical (unpaired) electrons. The molecule has 3 aromatic rings. The maximum absolute atomic E-state index is 13.0. The van der Waals surface area contributed by atoms with Gasteiger partial charge in [-0.25, -0.2) is 8.70 Å². The fraction of sp³-hybridized carbons (Fsp3) is 0.182. The van der Waals surface area contributed by atoms with Gasteiger partial charge in [0.05, 0.1) is 17.8 Å². The molecule has 0 aliphatic rings. The van der Waals surface area contributed by atoms with Crippen molar-refractivity contribution in [2.45, 2.75) is 17.6 Å². The maximum Gasteiger partial charge on any atom is 0.417 e. The fourth-order valence-electron chi connectivity index (χ4n) is 2.74. The minimum atomic E-state index is -4.43. The summed E-state index contributed by atoms with van der Waals surface area (Å²) >= 11 is 1.32. The largest absolute Gasteiger partial charge is 0.417 e. The summed E-state index contributed by atoms with van der Waals surface area (Å²) in [7, 11) is 1.75. The van der Waals surface area contributed by atoms with Crippen LogP contribution in [0, 0.1) is 5.82 Å². The van der Waals surface area contributed by atoms with Crippen molar-refractivity contribution >= 4 is 17.9 Å². The van der Waals surface area contributed by atoms with Gasteiger partial charge >= 0.3 is 6.18 Å². The van der Waals surface area contributed by atoms with Crippen molar-refractivity contribution in [2.24, 2.45) is 0 Å². The number of aromatic nitrogens is 1. The Bertz CT molecular complexity index is 1020. The zero-order chi connectivity index (χ0) is 22.4. The normalized spacial score (nSPS) is 11.5. The zero-order valence-corrected chi connectivity index (χ0v) is 17.3. The molecule has 9 heteroatoms. The smallest absolute Gasteiger partial charge is 0.351 e. The van der Waals surface area contributed by atoms with Crippen molar-refractivity contribution in [1.82, 2.24) is 14.6 Å². The summed E-state index contributed by atoms with van der Waals surface area (Å²) in [4.78, 5) is 16.9. The number of halogens is 4. The first-order valence-corrected chi connectivity index (χ1v) is 10.0. The van der Waals surface area contributed by atoms with E-state index in [1.165, 1.54) is 30.1 Å². The summed E-state index contributed by atoms with van der Waals surface area (Å²) in [6.07, 6.45) is -3.63. The van der Waals surface area contributed by atoms with Crippen LogP contribution in [0.4, 0.5) is 17.6 Å². The average molecular weight is 449 g/mol. The molecule has 1 N–H and O–H groups in total. The third-order valence-corrected chi connectivity index (χ3v) is 5.17. The van der Waals surface area contributed by atoms with Crippen LogP contribution in [0.2, 0.25) is 0 Å². The van der Waals surface area contributed by atoms with Crippen molar-refractivity contribution < 1.29 is 22.4 Å². The van der Waals surface area contributed by atoms with E-state index in [1.807, 2.05) is 6.07 Å². The van der Waals surface area contributed by atoms with Gasteiger partial charge in [0.1, 0.15) is 5.82 Å². The Morgan fingerprint density at radius 1 is 1.10 bits per heavy atom. The van der Waals surface area contributed by atoms with E-state index in [2.05, 4.69) is 10.3 Å². The van der Waals surface area contributed by atoms with Gasteiger partial charge in [0, 0.05) is 23.2 Å². The number of nitrogens with one attached hydrogen (secondary N) is 1. The highest BCUT2D eigenvalue weighted by Crippen LogP contribution is 2.29. The van der Waals surface area contributed by atoms with Gasteiger partial charge in [0.15, 0.2) is 0 Å². The second-order valence-electron chi connectivity index (χ2n) is 6.74. The summed E-state index contributed by atoms with van der Waals surface area (Å²) in [5.74, 6) is -0.520. The van der Waals surface area contributed by atoms with E-state index >= 15 is 0 Å². The molecule has 0 aliphatic carbocycles. The summed E-state index contributed by atoms with van der Waals surface area (Å²) in [6, 6.07) is 15.4. The number of rotatable bonds is 7. The lowest BCUT2D eigenvalue weighted by atomic mass is 10.1. The fourth-order valence-corrected chi connectivity index (χ4v) is 3.54. The Morgan fingerprint density at radius 2 is 1.84 bits per heavy atom. The van der Waals surface area contributed by atoms with Crippen LogP contribution < -0.4 is 5.32 Å². The van der Waals surface area contributed by atoms with E-state index in [0.29, 0.717) is 11.3 Å². The molecule has 0 bridgehead atoms. The Hall–Kier alpha value is -2.91. The predicted octanol–water partition coefficient (Wildman–Crippen LogP) is 5.16. The Balaban J connectivity index is 1.54. The van der Waals surface area contributed by atoms with Crippen molar-refractivity contribution in [1.29, 1.82) is 0 Å². The molecule has 162 valence electrons. The predicted molar refractivity (Wildman–Crippen MR) is 111 cm³/mol. The molecule has 1 amide bonds. The van der Waals surface area contributed by atoms with E-state index in [9.17, 15) is 22.4 Å². The van der Waals surface area contributed by atoms with Gasteiger partial charge in [-0.15, -0.1) is 0 Å². The molecule has 0 unspecified atom stereocenters. The van der Waals surface area contributed by atoms with Gasteiger partial charge in [0.2, 0.25) is 5.91 Å². The molecule has 0 saturated carbocycles. The molecule has 0 aliphatic heterocycles. The van der Waals surface area contributed by atoms with Gasteiger partial charge in [-0.3, -0.25) is 9.78 Å². The molecule has 0 atom stereocenters. The molecule has 0 spiro atoms. The monoisotopic (exact) mass is 449 g/mol. The van der Waals surface area contributed by atoms with Gasteiger partial charge in [-0.05, 0) is 67.0 Å². The number of hydrogen-bond donors (Lipinski definition) is 1. The third-order valence-electron chi connectivity index (χ3n) is 4.24. The lowest BCUT2D eigenvalue weighted by Gasteiger charge is -2.15. The van der Waals surface area contributed by atoms with E-state index in [-0.39, 0.29) is 24.8 Å². The average Bonchev–Trinajstić information content (AvgIpc) is 2.73. The zero-order valence-electron chi connectivity index (χ0n) is 16.5. The summed E-state index contributed by atoms with van der Waals surface area (Å²) < 4.78 is 52.8. The SMILES string of the molecule is CN(CC(=O)NCc1cccc(-c2ccc(C(F)(F)F)cn2)c1)Sc1ccc(F)cc1. The first-order valence-electron chi connectivity index (χ1n) is 9.24. The number of amides is 1. The molecule has 1 aromatic heterocycles. The molecular weight excluding hydrogens is 430 g/mol. The van der Waals surface area contributed by atoms with E-state index in [4.69, 9.17) is 0 Å². The summed E-state index contributed by atoms with van der Waals surface area (Å²) in [5.41, 5.74) is 1.06. The van der Waals surface area contributed by atoms with E-state index in [0.717, 1.165) is 22.7 Å². The third kappa shape index (κ3) is 6.80. The van der Waals surface area contributed by atoms with Crippen LogP contribution in [-0.2, 0) is 17.5 Å². The molecular formula is C22H19F4N3OS. The highest BCUT2D eigenvalue weighted by molar-refractivity contribution is 7.97. The Morgan fingerprint density at radius 3 is 2.48 bits per heavy atom. The number of benzene rings is 2. The molecule has 31 heavy (non-hydrogen) atoms. The van der Waals surface area contributed by atoms with E-state index in [1.54, 1.807) is 41.7 Å². The topological polar surface area (TPSA) is 45.2 Å². The first kappa shape index (κ1) is 22.8. The number of pyridine rings is 1. The second-order valence-corrected chi connectivity index (χ2v) is 8.02. The second kappa shape index (κ2) is 9.93. The van der Waals surface area contributed by atoms with Crippen LogP contribution in [0.25, 0.3) is 11.3 Å². The standard InChI is InChI=1S/C22H19F4N3OS/c1-29(31-19-8-6-18(23)7-9-19)14-21(30)28-12-15-3-2-4-16(11-15)20-10-5-17(13-27-20)22(24,25)26/h2-11,13H,12,14H2,1H3,(H,28,30). The highest BCUT2D eigenvalue weighted by atomic mass is 32.2. The van der Waals surface area contributed by atoms with Crippen molar-refractivity contribution in [3.05, 3.63) is 83.8 Å². The lowest BCUT2D eigenvalue weighted by molar-refractivity contribution is -0.137. The van der Waals surface area contributed by atoms with Gasteiger partial charge < -0.3 is 5.32 Å². The van der Waals surface area contributed by atoms with Crippen LogP contribution in [0.5, 0.6) is 0 Å². The minimum absolute atomic E-state index is 0.127. The number of alkyl halides is 3. The molecule has 4 nitrogen and oxygen atoms in total. The molecule has 1 heterocycles. The van der Waals surface area contributed by atoms with Crippen LogP contribution in [0.3, 0.4) is 0 Å². The maximum atomic E-state index is 13.0. The van der Waals surface area contributed by atoms with Crippen molar-refractivity contribution in [3.63, 3.8) is 0 Å². The first-order chi connectivity index (χ1) is 14.7. The molecule has 0 fully saturated rings. The number of carbonyl (C=O) groups is 1. The molecule has 3 rings (SSSR count). The summed E-state index contributed by atoms with van der Waals surface area (Å²) in [6.45, 7) is 0.393. The van der Waals surface area contributed by atoms with E-state index < -0.39 is 11.7 Å². The number of carbonyl (C=O) groups excluding carboxylic acids is 1. The number of nitrogens with zero attached hydrogens (tertiary/aromatic N) is 2. The molecule has 2 aromatic carbocycles. The minimum Gasteiger partial charge on any atom is -0.351 e.